The molecule has 1 rings (SSSR count). The molecule has 0 radical (unpaired) electrons. The molecule has 0 aromatic rings. The Labute approximate surface area is 64.5 Å². The smallest absolute Gasteiger partial charge is 0.248 e. The molecule has 1 aliphatic rings. The van der Waals surface area contributed by atoms with Gasteiger partial charge in [0.2, 0.25) is 11.8 Å². The van der Waals surface area contributed by atoms with Gasteiger partial charge in [-0.25, -0.2) is 5.06 Å². The number of carbonyl (C=O) groups is 1. The lowest BCUT2D eigenvalue weighted by molar-refractivity contribution is -0.140. The van der Waals surface area contributed by atoms with Crippen LogP contribution in [0.2, 0.25) is 0 Å². The van der Waals surface area contributed by atoms with Gasteiger partial charge in [0.15, 0.2) is 0 Å². The van der Waals surface area contributed by atoms with E-state index in [1.54, 1.807) is 6.20 Å². The van der Waals surface area contributed by atoms with Crippen LogP contribution < -0.4 is 5.32 Å². The molecule has 1 heterocycles. The van der Waals surface area contributed by atoms with Gasteiger partial charge >= 0.3 is 0 Å². The molecule has 5 nitrogen and oxygen atoms in total. The van der Waals surface area contributed by atoms with Crippen molar-refractivity contribution in [3.63, 3.8) is 0 Å². The molecule has 0 saturated heterocycles. The molecule has 0 aromatic carbocycles. The van der Waals surface area contributed by atoms with Gasteiger partial charge in [-0.1, -0.05) is 0 Å². The van der Waals surface area contributed by atoms with Crippen molar-refractivity contribution in [1.82, 2.24) is 10.4 Å². The molecule has 0 aliphatic carbocycles. The third kappa shape index (κ3) is 1.84. The van der Waals surface area contributed by atoms with Crippen LogP contribution >= 0.6 is 0 Å². The third-order valence-corrected chi connectivity index (χ3v) is 1.28. The van der Waals surface area contributed by atoms with Gasteiger partial charge in [-0.15, -0.1) is 0 Å². The standard InChI is InChI=1S/C6H10N2O3/c1-10-6-4-8(11-2)3-5(9)7-6/h4H,3H2,1-2H3,(H,7,9). The van der Waals surface area contributed by atoms with Crippen molar-refractivity contribution in [2.75, 3.05) is 20.8 Å². The van der Waals surface area contributed by atoms with E-state index in [0.29, 0.717) is 5.88 Å². The number of amides is 1. The molecule has 0 atom stereocenters. The predicted molar refractivity (Wildman–Crippen MR) is 36.9 cm³/mol. The maximum absolute atomic E-state index is 10.8. The number of hydrogen-bond acceptors (Lipinski definition) is 4. The number of methoxy groups -OCH3 is 1. The summed E-state index contributed by atoms with van der Waals surface area (Å²) in [7, 11) is 2.97. The minimum atomic E-state index is -0.147. The van der Waals surface area contributed by atoms with E-state index in [1.807, 2.05) is 0 Å². The lowest BCUT2D eigenvalue weighted by atomic mass is 10.5. The van der Waals surface area contributed by atoms with E-state index in [0.717, 1.165) is 0 Å². The van der Waals surface area contributed by atoms with Crippen LogP contribution in [0.1, 0.15) is 0 Å². The fourth-order valence-electron chi connectivity index (χ4n) is 0.748. The summed E-state index contributed by atoms with van der Waals surface area (Å²) < 4.78 is 4.80. The van der Waals surface area contributed by atoms with Crippen molar-refractivity contribution in [3.05, 3.63) is 12.1 Å². The predicted octanol–water partition coefficient (Wildman–Crippen LogP) is -0.575. The van der Waals surface area contributed by atoms with Crippen LogP contribution in [0.4, 0.5) is 0 Å². The van der Waals surface area contributed by atoms with Crippen LogP contribution in [0.15, 0.2) is 12.1 Å². The average molecular weight is 158 g/mol. The average Bonchev–Trinajstić information content (AvgIpc) is 2.03. The lowest BCUT2D eigenvalue weighted by Gasteiger charge is -2.22. The summed E-state index contributed by atoms with van der Waals surface area (Å²) >= 11 is 0. The zero-order valence-corrected chi connectivity index (χ0v) is 6.46. The van der Waals surface area contributed by atoms with Crippen LogP contribution in [-0.4, -0.2) is 31.7 Å². The largest absolute Gasteiger partial charge is 0.481 e. The maximum atomic E-state index is 10.8. The summed E-state index contributed by atoms with van der Waals surface area (Å²) in [5, 5.41) is 3.90. The summed E-state index contributed by atoms with van der Waals surface area (Å²) in [5.41, 5.74) is 0. The number of hydrogen-bond donors (Lipinski definition) is 1. The molecule has 11 heavy (non-hydrogen) atoms. The number of nitrogens with one attached hydrogen (secondary N) is 1. The topological polar surface area (TPSA) is 50.8 Å². The summed E-state index contributed by atoms with van der Waals surface area (Å²) in [6.45, 7) is 0.198. The summed E-state index contributed by atoms with van der Waals surface area (Å²) in [6.07, 6.45) is 1.57. The van der Waals surface area contributed by atoms with Crippen LogP contribution in [0.3, 0.4) is 0 Å². The van der Waals surface area contributed by atoms with Crippen molar-refractivity contribution < 1.29 is 14.4 Å². The summed E-state index contributed by atoms with van der Waals surface area (Å²) in [4.78, 5) is 15.7. The second kappa shape index (κ2) is 3.25. The Morgan fingerprint density at radius 3 is 2.91 bits per heavy atom. The van der Waals surface area contributed by atoms with E-state index < -0.39 is 0 Å². The fourth-order valence-corrected chi connectivity index (χ4v) is 0.748. The monoisotopic (exact) mass is 158 g/mol. The first-order valence-corrected chi connectivity index (χ1v) is 3.12. The van der Waals surface area contributed by atoms with E-state index >= 15 is 0 Å². The first-order valence-electron chi connectivity index (χ1n) is 3.12. The van der Waals surface area contributed by atoms with E-state index in [4.69, 9.17) is 9.57 Å². The highest BCUT2D eigenvalue weighted by Crippen LogP contribution is 2.01. The zero-order valence-electron chi connectivity index (χ0n) is 6.46. The molecule has 1 amide bonds. The second-order valence-corrected chi connectivity index (χ2v) is 2.00. The quantitative estimate of drug-likeness (QED) is 0.584. The normalized spacial score (nSPS) is 17.5. The lowest BCUT2D eigenvalue weighted by Crippen LogP contribution is -2.39. The Hall–Kier alpha value is -1.23. The van der Waals surface area contributed by atoms with Crippen molar-refractivity contribution >= 4 is 5.91 Å². The molecule has 1 aliphatic heterocycles. The van der Waals surface area contributed by atoms with Crippen LogP contribution in [0.5, 0.6) is 0 Å². The van der Waals surface area contributed by atoms with Crippen molar-refractivity contribution in [2.45, 2.75) is 0 Å². The van der Waals surface area contributed by atoms with E-state index in [9.17, 15) is 4.79 Å². The Kier molecular flexibility index (Phi) is 2.32. The van der Waals surface area contributed by atoms with Gasteiger partial charge in [-0.05, 0) is 0 Å². The Balaban J connectivity index is 2.64. The van der Waals surface area contributed by atoms with Crippen LogP contribution in [-0.2, 0) is 14.4 Å². The highest BCUT2D eigenvalue weighted by molar-refractivity contribution is 5.80. The van der Waals surface area contributed by atoms with Crippen molar-refractivity contribution in [1.29, 1.82) is 0 Å². The van der Waals surface area contributed by atoms with E-state index in [1.165, 1.54) is 19.3 Å². The van der Waals surface area contributed by atoms with E-state index in [2.05, 4.69) is 5.32 Å². The van der Waals surface area contributed by atoms with Crippen molar-refractivity contribution in [2.24, 2.45) is 0 Å². The molecular formula is C6H10N2O3. The van der Waals surface area contributed by atoms with Gasteiger partial charge in [0.05, 0.1) is 20.4 Å². The molecule has 0 unspecified atom stereocenters. The number of nitrogens with zero attached hydrogens (tertiary/aromatic N) is 1. The SMILES string of the molecule is COC1=CN(OC)CC(=O)N1. The summed E-state index contributed by atoms with van der Waals surface area (Å²) in [5.74, 6) is 0.245. The number of ether oxygens (including phenoxy) is 1. The van der Waals surface area contributed by atoms with Gasteiger partial charge in [-0.3, -0.25) is 14.9 Å². The molecule has 0 fully saturated rings. The molecule has 5 heteroatoms. The molecule has 1 N–H and O–H groups in total. The van der Waals surface area contributed by atoms with Gasteiger partial charge in [-0.2, -0.15) is 0 Å². The highest BCUT2D eigenvalue weighted by Gasteiger charge is 2.15. The Morgan fingerprint density at radius 1 is 1.64 bits per heavy atom. The first-order chi connectivity index (χ1) is 5.26. The van der Waals surface area contributed by atoms with Gasteiger partial charge in [0.25, 0.3) is 0 Å². The fraction of sp³-hybridized carbons (Fsp3) is 0.500. The van der Waals surface area contributed by atoms with Gasteiger partial charge in [0, 0.05) is 0 Å². The molecule has 62 valence electrons. The summed E-state index contributed by atoms with van der Waals surface area (Å²) in [6, 6.07) is 0. The Morgan fingerprint density at radius 2 is 2.36 bits per heavy atom. The molecular weight excluding hydrogens is 148 g/mol. The molecule has 0 bridgehead atoms. The second-order valence-electron chi connectivity index (χ2n) is 2.00. The minimum absolute atomic E-state index is 0.147. The number of rotatable bonds is 2. The number of hydroxylamine groups is 2. The minimum Gasteiger partial charge on any atom is -0.481 e. The third-order valence-electron chi connectivity index (χ3n) is 1.28. The highest BCUT2D eigenvalue weighted by atomic mass is 16.7. The maximum Gasteiger partial charge on any atom is 0.248 e. The Bertz CT molecular complexity index is 190. The molecule has 0 saturated carbocycles. The molecule has 0 aromatic heterocycles. The first kappa shape index (κ1) is 7.87. The molecule has 0 spiro atoms. The van der Waals surface area contributed by atoms with E-state index in [-0.39, 0.29) is 12.5 Å². The number of carbonyl (C=O) groups excluding carboxylic acids is 1. The van der Waals surface area contributed by atoms with Crippen LogP contribution in [0.25, 0.3) is 0 Å². The zero-order chi connectivity index (χ0) is 8.27. The van der Waals surface area contributed by atoms with Crippen LogP contribution in [0, 0.1) is 0 Å². The van der Waals surface area contributed by atoms with Gasteiger partial charge in [0.1, 0.15) is 6.54 Å². The van der Waals surface area contributed by atoms with Gasteiger partial charge < -0.3 is 4.74 Å². The van der Waals surface area contributed by atoms with Crippen molar-refractivity contribution in [3.8, 4) is 0 Å².